The topological polar surface area (TPSA) is 72.2 Å². The largest absolute Gasteiger partial charge is 0.465 e. The molecular weight excluding hydrogens is 280 g/mol. The average molecular weight is 289 g/mol. The quantitative estimate of drug-likeness (QED) is 0.640. The van der Waals surface area contributed by atoms with Crippen LogP contribution in [0.1, 0.15) is 15.9 Å². The first-order valence-electron chi connectivity index (χ1n) is 5.57. The first-order valence-corrected chi connectivity index (χ1v) is 5.94. The number of nitriles is 1. The van der Waals surface area contributed by atoms with Gasteiger partial charge in [0.2, 0.25) is 5.88 Å². The molecule has 0 atom stereocenters. The standard InChI is InChI=1S/C14H9ClN2O3/c1-19-14(18)11-5-6-12(17-13(11)15)20-10-4-2-3-9(7-10)8-16/h2-7H,1H3. The second-order valence-electron chi connectivity index (χ2n) is 3.72. The van der Waals surface area contributed by atoms with E-state index < -0.39 is 5.97 Å². The second kappa shape index (κ2) is 6.04. The number of nitrogens with zero attached hydrogens (tertiary/aromatic N) is 2. The fraction of sp³-hybridized carbons (Fsp3) is 0.0714. The molecule has 0 aliphatic carbocycles. The summed E-state index contributed by atoms with van der Waals surface area (Å²) in [6.45, 7) is 0. The molecule has 0 saturated carbocycles. The van der Waals surface area contributed by atoms with Crippen molar-refractivity contribution < 1.29 is 14.3 Å². The van der Waals surface area contributed by atoms with Gasteiger partial charge in [-0.05, 0) is 24.3 Å². The Morgan fingerprint density at radius 3 is 2.80 bits per heavy atom. The Hall–Kier alpha value is -2.58. The van der Waals surface area contributed by atoms with Crippen LogP contribution in [-0.2, 0) is 4.74 Å². The number of aromatic nitrogens is 1. The van der Waals surface area contributed by atoms with Gasteiger partial charge in [-0.2, -0.15) is 5.26 Å². The predicted octanol–water partition coefficient (Wildman–Crippen LogP) is 3.19. The molecule has 0 N–H and O–H groups in total. The van der Waals surface area contributed by atoms with E-state index in [9.17, 15) is 4.79 Å². The average Bonchev–Trinajstić information content (AvgIpc) is 2.47. The van der Waals surface area contributed by atoms with Crippen LogP contribution in [0.5, 0.6) is 11.6 Å². The molecule has 0 spiro atoms. The third-order valence-corrected chi connectivity index (χ3v) is 2.70. The summed E-state index contributed by atoms with van der Waals surface area (Å²) in [6, 6.07) is 11.6. The number of hydrogen-bond acceptors (Lipinski definition) is 5. The third-order valence-electron chi connectivity index (χ3n) is 2.41. The molecule has 1 aromatic heterocycles. The normalized spacial score (nSPS) is 9.65. The Morgan fingerprint density at radius 1 is 1.35 bits per heavy atom. The van der Waals surface area contributed by atoms with E-state index >= 15 is 0 Å². The molecule has 0 fully saturated rings. The molecule has 0 amide bonds. The number of ether oxygens (including phenoxy) is 2. The Balaban J connectivity index is 2.24. The van der Waals surface area contributed by atoms with Gasteiger partial charge < -0.3 is 9.47 Å². The maximum atomic E-state index is 11.4. The van der Waals surface area contributed by atoms with Crippen LogP contribution in [0, 0.1) is 11.3 Å². The van der Waals surface area contributed by atoms with Crippen LogP contribution in [0.3, 0.4) is 0 Å². The summed E-state index contributed by atoms with van der Waals surface area (Å²) < 4.78 is 10.0. The van der Waals surface area contributed by atoms with Crippen LogP contribution in [-0.4, -0.2) is 18.1 Å². The molecule has 1 heterocycles. The fourth-order valence-corrected chi connectivity index (χ4v) is 1.71. The monoisotopic (exact) mass is 288 g/mol. The van der Waals surface area contributed by atoms with Gasteiger partial charge >= 0.3 is 5.97 Å². The zero-order valence-electron chi connectivity index (χ0n) is 10.5. The number of pyridine rings is 1. The van der Waals surface area contributed by atoms with Gasteiger partial charge in [-0.3, -0.25) is 0 Å². The van der Waals surface area contributed by atoms with Crippen LogP contribution in [0.2, 0.25) is 5.15 Å². The number of benzene rings is 1. The van der Waals surface area contributed by atoms with Crippen molar-refractivity contribution in [2.45, 2.75) is 0 Å². The van der Waals surface area contributed by atoms with Crippen LogP contribution in [0.4, 0.5) is 0 Å². The first-order chi connectivity index (χ1) is 9.63. The molecule has 0 radical (unpaired) electrons. The molecule has 1 aromatic carbocycles. The van der Waals surface area contributed by atoms with Gasteiger partial charge in [-0.15, -0.1) is 0 Å². The molecule has 0 aliphatic rings. The molecule has 2 aromatic rings. The molecule has 0 unspecified atom stereocenters. The number of halogens is 1. The van der Waals surface area contributed by atoms with E-state index in [1.54, 1.807) is 24.3 Å². The number of rotatable bonds is 3. The van der Waals surface area contributed by atoms with E-state index in [1.165, 1.54) is 19.2 Å². The zero-order valence-corrected chi connectivity index (χ0v) is 11.2. The highest BCUT2D eigenvalue weighted by molar-refractivity contribution is 6.32. The fourth-order valence-electron chi connectivity index (χ4n) is 1.49. The van der Waals surface area contributed by atoms with Gasteiger partial charge in [-0.1, -0.05) is 17.7 Å². The van der Waals surface area contributed by atoms with Crippen LogP contribution >= 0.6 is 11.6 Å². The van der Waals surface area contributed by atoms with Gasteiger partial charge in [0.25, 0.3) is 0 Å². The Bertz CT molecular complexity index is 695. The minimum absolute atomic E-state index is 0.00853. The van der Waals surface area contributed by atoms with Crippen molar-refractivity contribution in [3.05, 3.63) is 52.7 Å². The molecule has 6 heteroatoms. The van der Waals surface area contributed by atoms with E-state index in [0.717, 1.165) is 0 Å². The smallest absolute Gasteiger partial charge is 0.341 e. The maximum Gasteiger partial charge on any atom is 0.341 e. The van der Waals surface area contributed by atoms with E-state index in [1.807, 2.05) is 6.07 Å². The molecular formula is C14H9ClN2O3. The summed E-state index contributed by atoms with van der Waals surface area (Å²) >= 11 is 5.88. The summed E-state index contributed by atoms with van der Waals surface area (Å²) in [4.78, 5) is 15.3. The lowest BCUT2D eigenvalue weighted by Gasteiger charge is -2.07. The maximum absolute atomic E-state index is 11.4. The third kappa shape index (κ3) is 3.05. The summed E-state index contributed by atoms with van der Waals surface area (Å²) in [5.41, 5.74) is 0.632. The van der Waals surface area contributed by atoms with Crippen molar-refractivity contribution in [3.8, 4) is 17.7 Å². The molecule has 20 heavy (non-hydrogen) atoms. The van der Waals surface area contributed by atoms with Gasteiger partial charge in [0.15, 0.2) is 0 Å². The molecule has 5 nitrogen and oxygen atoms in total. The van der Waals surface area contributed by atoms with Crippen molar-refractivity contribution in [1.82, 2.24) is 4.98 Å². The molecule has 0 saturated heterocycles. The van der Waals surface area contributed by atoms with E-state index in [0.29, 0.717) is 11.3 Å². The lowest BCUT2D eigenvalue weighted by molar-refractivity contribution is 0.0600. The van der Waals surface area contributed by atoms with Gasteiger partial charge in [0.1, 0.15) is 10.9 Å². The predicted molar refractivity (Wildman–Crippen MR) is 71.8 cm³/mol. The van der Waals surface area contributed by atoms with Crippen molar-refractivity contribution >= 4 is 17.6 Å². The van der Waals surface area contributed by atoms with Gasteiger partial charge in [-0.25, -0.2) is 9.78 Å². The minimum atomic E-state index is -0.569. The highest BCUT2D eigenvalue weighted by Crippen LogP contribution is 2.24. The molecule has 100 valence electrons. The van der Waals surface area contributed by atoms with Crippen LogP contribution in [0.15, 0.2) is 36.4 Å². The Kier molecular flexibility index (Phi) is 4.18. The zero-order chi connectivity index (χ0) is 14.5. The van der Waals surface area contributed by atoms with Crippen molar-refractivity contribution in [2.24, 2.45) is 0 Å². The van der Waals surface area contributed by atoms with Crippen molar-refractivity contribution in [2.75, 3.05) is 7.11 Å². The number of hydrogen-bond donors (Lipinski definition) is 0. The number of methoxy groups -OCH3 is 1. The number of carbonyl (C=O) groups excluding carboxylic acids is 1. The first kappa shape index (κ1) is 13.8. The second-order valence-corrected chi connectivity index (χ2v) is 4.08. The minimum Gasteiger partial charge on any atom is -0.465 e. The van der Waals surface area contributed by atoms with E-state index in [-0.39, 0.29) is 16.6 Å². The van der Waals surface area contributed by atoms with Gasteiger partial charge in [0.05, 0.1) is 24.3 Å². The lowest BCUT2D eigenvalue weighted by Crippen LogP contribution is -2.03. The summed E-state index contributed by atoms with van der Waals surface area (Å²) in [6.07, 6.45) is 0. The van der Waals surface area contributed by atoms with Crippen LogP contribution in [0.25, 0.3) is 0 Å². The Labute approximate surface area is 120 Å². The SMILES string of the molecule is COC(=O)c1ccc(Oc2cccc(C#N)c2)nc1Cl. The van der Waals surface area contributed by atoms with E-state index in [4.69, 9.17) is 21.6 Å². The molecule has 0 bridgehead atoms. The molecule has 2 rings (SSSR count). The summed E-state index contributed by atoms with van der Waals surface area (Å²) in [7, 11) is 1.26. The highest BCUT2D eigenvalue weighted by Gasteiger charge is 2.13. The number of carbonyl (C=O) groups is 1. The van der Waals surface area contributed by atoms with Crippen molar-refractivity contribution in [3.63, 3.8) is 0 Å². The van der Waals surface area contributed by atoms with Crippen molar-refractivity contribution in [1.29, 1.82) is 5.26 Å². The van der Waals surface area contributed by atoms with Gasteiger partial charge in [0, 0.05) is 6.07 Å². The number of esters is 1. The Morgan fingerprint density at radius 2 is 2.15 bits per heavy atom. The summed E-state index contributed by atoms with van der Waals surface area (Å²) in [5.74, 6) is 0.108. The van der Waals surface area contributed by atoms with E-state index in [2.05, 4.69) is 9.72 Å². The molecule has 0 aliphatic heterocycles. The highest BCUT2D eigenvalue weighted by atomic mass is 35.5. The van der Waals surface area contributed by atoms with Crippen LogP contribution < -0.4 is 4.74 Å². The summed E-state index contributed by atoms with van der Waals surface area (Å²) in [5, 5.41) is 8.79. The lowest BCUT2D eigenvalue weighted by atomic mass is 10.2.